The molecule has 4 heteroatoms. The summed E-state index contributed by atoms with van der Waals surface area (Å²) >= 11 is 0. The summed E-state index contributed by atoms with van der Waals surface area (Å²) in [5.74, 6) is 0. The van der Waals surface area contributed by atoms with Crippen LogP contribution in [0.25, 0.3) is 0 Å². The zero-order chi connectivity index (χ0) is 6.41. The van der Waals surface area contributed by atoms with E-state index in [1.807, 2.05) is 0 Å². The van der Waals surface area contributed by atoms with E-state index in [1.54, 1.807) is 0 Å². The Morgan fingerprint density at radius 1 is 1.50 bits per heavy atom. The van der Waals surface area contributed by atoms with Crippen LogP contribution in [0.1, 0.15) is 0 Å². The Labute approximate surface area is 47.3 Å². The van der Waals surface area contributed by atoms with Crippen molar-refractivity contribution in [3.05, 3.63) is 0 Å². The van der Waals surface area contributed by atoms with Gasteiger partial charge in [0.2, 0.25) is 6.41 Å². The van der Waals surface area contributed by atoms with Gasteiger partial charge < -0.3 is 15.1 Å². The van der Waals surface area contributed by atoms with Crippen LogP contribution in [0.5, 0.6) is 0 Å². The molecule has 0 rings (SSSR count). The van der Waals surface area contributed by atoms with Crippen molar-refractivity contribution in [2.45, 2.75) is 0 Å². The number of aliphatic hydroxyl groups is 2. The summed E-state index contributed by atoms with van der Waals surface area (Å²) in [6.45, 7) is -0.247. The van der Waals surface area contributed by atoms with Gasteiger partial charge in [0, 0.05) is 6.54 Å². The molecule has 4 nitrogen and oxygen atoms in total. The molecule has 0 saturated carbocycles. The van der Waals surface area contributed by atoms with E-state index in [9.17, 15) is 4.79 Å². The first kappa shape index (κ1) is 7.39. The minimum absolute atomic E-state index is 0.112. The van der Waals surface area contributed by atoms with Crippen molar-refractivity contribution >= 4 is 6.41 Å². The summed E-state index contributed by atoms with van der Waals surface area (Å²) in [5.41, 5.74) is 0. The molecule has 0 aliphatic carbocycles. The van der Waals surface area contributed by atoms with E-state index in [0.717, 1.165) is 4.90 Å². The Morgan fingerprint density at radius 3 is 2.25 bits per heavy atom. The molecule has 0 heterocycles. The van der Waals surface area contributed by atoms with Crippen LogP contribution in [0.2, 0.25) is 0 Å². The molecule has 0 bridgehead atoms. The summed E-state index contributed by atoms with van der Waals surface area (Å²) in [6, 6.07) is 0. The van der Waals surface area contributed by atoms with Crippen molar-refractivity contribution in [2.24, 2.45) is 0 Å². The van der Waals surface area contributed by atoms with Crippen LogP contribution in [-0.4, -0.2) is 41.4 Å². The van der Waals surface area contributed by atoms with Crippen molar-refractivity contribution in [3.63, 3.8) is 0 Å². The second-order valence-electron chi connectivity index (χ2n) is 1.28. The van der Waals surface area contributed by atoms with Gasteiger partial charge in [-0.3, -0.25) is 4.79 Å². The molecule has 2 N–H and O–H groups in total. The highest BCUT2D eigenvalue weighted by Crippen LogP contribution is 1.74. The van der Waals surface area contributed by atoms with E-state index in [4.69, 9.17) is 10.2 Å². The first-order valence-electron chi connectivity index (χ1n) is 2.26. The first-order valence-corrected chi connectivity index (χ1v) is 2.26. The molecule has 0 unspecified atom stereocenters. The third kappa shape index (κ3) is 2.54. The van der Waals surface area contributed by atoms with E-state index < -0.39 is 0 Å². The lowest BCUT2D eigenvalue weighted by Gasteiger charge is -2.09. The Bertz CT molecular complexity index is 66.3. The maximum atomic E-state index is 9.78. The molecule has 48 valence electrons. The van der Waals surface area contributed by atoms with Gasteiger partial charge >= 0.3 is 0 Å². The number of carbonyl (C=O) groups excluding carboxylic acids is 1. The molecule has 8 heavy (non-hydrogen) atoms. The molecule has 0 saturated heterocycles. The van der Waals surface area contributed by atoms with Gasteiger partial charge in [0.25, 0.3) is 0 Å². The fraction of sp³-hybridized carbons (Fsp3) is 0.750. The van der Waals surface area contributed by atoms with Crippen molar-refractivity contribution in [1.29, 1.82) is 0 Å². The SMILES string of the molecule is O=CN(CO)CCO. The minimum Gasteiger partial charge on any atom is -0.395 e. The van der Waals surface area contributed by atoms with Crippen molar-refractivity contribution < 1.29 is 15.0 Å². The highest BCUT2D eigenvalue weighted by Gasteiger charge is 1.93. The van der Waals surface area contributed by atoms with Crippen LogP contribution in [0, 0.1) is 0 Å². The molecule has 0 aliphatic rings. The van der Waals surface area contributed by atoms with Gasteiger partial charge in [-0.15, -0.1) is 0 Å². The molecule has 0 aromatic rings. The van der Waals surface area contributed by atoms with Crippen LogP contribution in [0.3, 0.4) is 0 Å². The Hall–Kier alpha value is -0.610. The summed E-state index contributed by atoms with van der Waals surface area (Å²) in [5, 5.41) is 16.4. The summed E-state index contributed by atoms with van der Waals surface area (Å²) in [7, 11) is 0. The number of amides is 1. The predicted octanol–water partition coefficient (Wildman–Crippen LogP) is -1.61. The lowest BCUT2D eigenvalue weighted by Crippen LogP contribution is -2.25. The Balaban J connectivity index is 3.21. The quantitative estimate of drug-likeness (QED) is 0.345. The maximum Gasteiger partial charge on any atom is 0.211 e. The van der Waals surface area contributed by atoms with Crippen LogP contribution in [-0.2, 0) is 4.79 Å². The zero-order valence-electron chi connectivity index (χ0n) is 4.45. The maximum absolute atomic E-state index is 9.78. The van der Waals surface area contributed by atoms with E-state index in [1.165, 1.54) is 0 Å². The normalized spacial score (nSPS) is 8.75. The summed E-state index contributed by atoms with van der Waals surface area (Å²) in [4.78, 5) is 10.8. The van der Waals surface area contributed by atoms with E-state index in [2.05, 4.69) is 0 Å². The van der Waals surface area contributed by atoms with Crippen molar-refractivity contribution in [3.8, 4) is 0 Å². The third-order valence-electron chi connectivity index (χ3n) is 0.718. The van der Waals surface area contributed by atoms with Crippen LogP contribution < -0.4 is 0 Å². The number of nitrogens with zero attached hydrogens (tertiary/aromatic N) is 1. The second kappa shape index (κ2) is 4.55. The van der Waals surface area contributed by atoms with Gasteiger partial charge in [-0.1, -0.05) is 0 Å². The lowest BCUT2D eigenvalue weighted by atomic mass is 10.6. The predicted molar refractivity (Wildman–Crippen MR) is 26.9 cm³/mol. The molecular weight excluding hydrogens is 110 g/mol. The first-order chi connectivity index (χ1) is 3.85. The standard InChI is InChI=1S/C4H9NO3/c6-2-1-5(3-7)4-8/h3,6,8H,1-2,4H2. The number of rotatable bonds is 4. The van der Waals surface area contributed by atoms with E-state index in [-0.39, 0.29) is 19.9 Å². The number of aliphatic hydroxyl groups excluding tert-OH is 2. The molecule has 0 aromatic carbocycles. The molecule has 0 radical (unpaired) electrons. The van der Waals surface area contributed by atoms with Gasteiger partial charge in [-0.05, 0) is 0 Å². The minimum atomic E-state index is -0.329. The number of hydrogen-bond acceptors (Lipinski definition) is 3. The van der Waals surface area contributed by atoms with Crippen molar-refractivity contribution in [2.75, 3.05) is 19.9 Å². The smallest absolute Gasteiger partial charge is 0.211 e. The third-order valence-corrected chi connectivity index (χ3v) is 0.718. The Kier molecular flexibility index (Phi) is 4.20. The number of carbonyl (C=O) groups is 1. The van der Waals surface area contributed by atoms with E-state index in [0.29, 0.717) is 6.41 Å². The van der Waals surface area contributed by atoms with Crippen LogP contribution in [0.4, 0.5) is 0 Å². The summed E-state index contributed by atoms with van der Waals surface area (Å²) in [6.07, 6.45) is 0.482. The Morgan fingerprint density at radius 2 is 2.12 bits per heavy atom. The highest BCUT2D eigenvalue weighted by atomic mass is 16.3. The van der Waals surface area contributed by atoms with Gasteiger partial charge in [-0.25, -0.2) is 0 Å². The summed E-state index contributed by atoms with van der Waals surface area (Å²) < 4.78 is 0. The van der Waals surface area contributed by atoms with E-state index >= 15 is 0 Å². The van der Waals surface area contributed by atoms with Gasteiger partial charge in [0.05, 0.1) is 6.61 Å². The second-order valence-corrected chi connectivity index (χ2v) is 1.28. The average Bonchev–Trinajstić information content (AvgIpc) is 1.83. The van der Waals surface area contributed by atoms with Gasteiger partial charge in [0.15, 0.2) is 0 Å². The molecule has 0 atom stereocenters. The highest BCUT2D eigenvalue weighted by molar-refractivity contribution is 5.46. The topological polar surface area (TPSA) is 60.8 Å². The van der Waals surface area contributed by atoms with Gasteiger partial charge in [0.1, 0.15) is 6.73 Å². The molecule has 0 aromatic heterocycles. The van der Waals surface area contributed by atoms with Crippen LogP contribution in [0.15, 0.2) is 0 Å². The number of hydrogen-bond donors (Lipinski definition) is 2. The lowest BCUT2D eigenvalue weighted by molar-refractivity contribution is -0.121. The molecule has 0 aliphatic heterocycles. The largest absolute Gasteiger partial charge is 0.395 e. The van der Waals surface area contributed by atoms with Gasteiger partial charge in [-0.2, -0.15) is 0 Å². The fourth-order valence-electron chi connectivity index (χ4n) is 0.285. The average molecular weight is 119 g/mol. The molecule has 1 amide bonds. The molecule has 0 fully saturated rings. The fourth-order valence-corrected chi connectivity index (χ4v) is 0.285. The zero-order valence-corrected chi connectivity index (χ0v) is 4.45. The van der Waals surface area contributed by atoms with Crippen LogP contribution >= 0.6 is 0 Å². The van der Waals surface area contributed by atoms with Crippen molar-refractivity contribution in [1.82, 2.24) is 4.90 Å². The monoisotopic (exact) mass is 119 g/mol. The molecular formula is C4H9NO3. The molecule has 0 spiro atoms.